The standard InChI is InChI=1S/C8H17N3O/c1-10-4-5-11(2)7(6-10)8(9)12-3/h7,9H,4-6H2,1-3H3. The van der Waals surface area contributed by atoms with E-state index in [2.05, 4.69) is 16.8 Å². The Bertz CT molecular complexity index is 172. The highest BCUT2D eigenvalue weighted by atomic mass is 16.5. The first-order valence-corrected chi connectivity index (χ1v) is 4.16. The topological polar surface area (TPSA) is 39.6 Å². The van der Waals surface area contributed by atoms with Gasteiger partial charge in [0.05, 0.1) is 13.2 Å². The van der Waals surface area contributed by atoms with Crippen molar-refractivity contribution in [2.24, 2.45) is 0 Å². The van der Waals surface area contributed by atoms with E-state index in [4.69, 9.17) is 10.1 Å². The lowest BCUT2D eigenvalue weighted by Gasteiger charge is -2.36. The number of nitrogens with one attached hydrogen (secondary N) is 1. The molecule has 0 radical (unpaired) electrons. The van der Waals surface area contributed by atoms with E-state index in [0.717, 1.165) is 19.6 Å². The van der Waals surface area contributed by atoms with Crippen LogP contribution in [0.2, 0.25) is 0 Å². The van der Waals surface area contributed by atoms with E-state index in [-0.39, 0.29) is 6.04 Å². The molecule has 0 amide bonds. The molecule has 4 heteroatoms. The van der Waals surface area contributed by atoms with Gasteiger partial charge in [-0.05, 0) is 14.1 Å². The third kappa shape index (κ3) is 1.95. The van der Waals surface area contributed by atoms with Crippen LogP contribution in [0.15, 0.2) is 0 Å². The van der Waals surface area contributed by atoms with Crippen molar-refractivity contribution in [3.63, 3.8) is 0 Å². The highest BCUT2D eigenvalue weighted by Gasteiger charge is 2.26. The Balaban J connectivity index is 2.54. The second-order valence-corrected chi connectivity index (χ2v) is 3.33. The molecular formula is C8H17N3O. The normalized spacial score (nSPS) is 27.1. The molecule has 1 rings (SSSR count). The van der Waals surface area contributed by atoms with E-state index in [1.165, 1.54) is 0 Å². The average Bonchev–Trinajstić information content (AvgIpc) is 2.08. The zero-order chi connectivity index (χ0) is 9.14. The van der Waals surface area contributed by atoms with Crippen molar-refractivity contribution >= 4 is 5.90 Å². The molecular weight excluding hydrogens is 154 g/mol. The Morgan fingerprint density at radius 3 is 2.67 bits per heavy atom. The molecule has 1 heterocycles. The van der Waals surface area contributed by atoms with E-state index in [9.17, 15) is 0 Å². The minimum atomic E-state index is 0.133. The van der Waals surface area contributed by atoms with Gasteiger partial charge in [0.25, 0.3) is 0 Å². The second kappa shape index (κ2) is 3.87. The minimum Gasteiger partial charge on any atom is -0.483 e. The van der Waals surface area contributed by atoms with E-state index in [1.54, 1.807) is 7.11 Å². The van der Waals surface area contributed by atoms with Gasteiger partial charge in [-0.25, -0.2) is 0 Å². The predicted molar refractivity (Wildman–Crippen MR) is 48.7 cm³/mol. The Morgan fingerprint density at radius 1 is 1.42 bits per heavy atom. The number of hydrogen-bond donors (Lipinski definition) is 1. The number of hydrogen-bond acceptors (Lipinski definition) is 4. The highest BCUT2D eigenvalue weighted by Crippen LogP contribution is 2.06. The summed E-state index contributed by atoms with van der Waals surface area (Å²) in [6, 6.07) is 0.133. The first kappa shape index (κ1) is 9.48. The van der Waals surface area contributed by atoms with Gasteiger partial charge in [0, 0.05) is 19.6 Å². The van der Waals surface area contributed by atoms with Crippen LogP contribution in [0.4, 0.5) is 0 Å². The monoisotopic (exact) mass is 171 g/mol. The summed E-state index contributed by atoms with van der Waals surface area (Å²) in [5.74, 6) is 0.365. The zero-order valence-electron chi connectivity index (χ0n) is 8.00. The molecule has 1 saturated heterocycles. The lowest BCUT2D eigenvalue weighted by atomic mass is 10.2. The van der Waals surface area contributed by atoms with E-state index in [1.807, 2.05) is 7.05 Å². The molecule has 1 unspecified atom stereocenters. The fourth-order valence-corrected chi connectivity index (χ4v) is 1.43. The van der Waals surface area contributed by atoms with Gasteiger partial charge in [0.1, 0.15) is 0 Å². The van der Waals surface area contributed by atoms with Crippen LogP contribution in [0.3, 0.4) is 0 Å². The summed E-state index contributed by atoms with van der Waals surface area (Å²) < 4.78 is 4.92. The summed E-state index contributed by atoms with van der Waals surface area (Å²) in [6.07, 6.45) is 0. The van der Waals surface area contributed by atoms with E-state index < -0.39 is 0 Å². The van der Waals surface area contributed by atoms with Crippen molar-refractivity contribution in [2.75, 3.05) is 40.8 Å². The Morgan fingerprint density at radius 2 is 2.08 bits per heavy atom. The summed E-state index contributed by atoms with van der Waals surface area (Å²) >= 11 is 0. The lowest BCUT2D eigenvalue weighted by molar-refractivity contribution is 0.135. The van der Waals surface area contributed by atoms with Crippen molar-refractivity contribution in [3.05, 3.63) is 0 Å². The van der Waals surface area contributed by atoms with Gasteiger partial charge in [-0.15, -0.1) is 0 Å². The number of methoxy groups -OCH3 is 1. The van der Waals surface area contributed by atoms with Gasteiger partial charge in [0.15, 0.2) is 5.90 Å². The minimum absolute atomic E-state index is 0.133. The zero-order valence-corrected chi connectivity index (χ0v) is 8.00. The fourth-order valence-electron chi connectivity index (χ4n) is 1.43. The molecule has 1 aliphatic heterocycles. The molecule has 12 heavy (non-hydrogen) atoms. The molecule has 70 valence electrons. The smallest absolute Gasteiger partial charge is 0.199 e. The number of ether oxygens (including phenoxy) is 1. The first-order chi connectivity index (χ1) is 5.65. The molecule has 1 aliphatic rings. The number of nitrogens with zero attached hydrogens (tertiary/aromatic N) is 2. The van der Waals surface area contributed by atoms with Crippen molar-refractivity contribution in [1.82, 2.24) is 9.80 Å². The number of likely N-dealkylation sites (N-methyl/N-ethyl adjacent to an activating group) is 2. The Labute approximate surface area is 73.6 Å². The summed E-state index contributed by atoms with van der Waals surface area (Å²) in [6.45, 7) is 2.97. The SMILES string of the molecule is COC(=N)C1CN(C)CCN1C. The van der Waals surface area contributed by atoms with Crippen LogP contribution in [-0.2, 0) is 4.74 Å². The maximum Gasteiger partial charge on any atom is 0.199 e. The summed E-state index contributed by atoms with van der Waals surface area (Å²) in [5, 5.41) is 7.56. The van der Waals surface area contributed by atoms with Gasteiger partial charge in [-0.2, -0.15) is 0 Å². The second-order valence-electron chi connectivity index (χ2n) is 3.33. The Hall–Kier alpha value is -0.610. The first-order valence-electron chi connectivity index (χ1n) is 4.16. The van der Waals surface area contributed by atoms with Gasteiger partial charge >= 0.3 is 0 Å². The molecule has 0 aromatic carbocycles. The van der Waals surface area contributed by atoms with Crippen LogP contribution in [-0.4, -0.2) is 62.6 Å². The lowest BCUT2D eigenvalue weighted by Crippen LogP contribution is -2.53. The summed E-state index contributed by atoms with van der Waals surface area (Å²) in [4.78, 5) is 4.38. The molecule has 1 fully saturated rings. The average molecular weight is 171 g/mol. The quantitative estimate of drug-likeness (QED) is 0.441. The molecule has 1 atom stereocenters. The van der Waals surface area contributed by atoms with E-state index >= 15 is 0 Å². The van der Waals surface area contributed by atoms with Crippen LogP contribution in [0, 0.1) is 5.41 Å². The molecule has 1 N–H and O–H groups in total. The highest BCUT2D eigenvalue weighted by molar-refractivity contribution is 5.78. The molecule has 0 aromatic heterocycles. The number of rotatable bonds is 1. The molecule has 0 bridgehead atoms. The van der Waals surface area contributed by atoms with Crippen molar-refractivity contribution in [2.45, 2.75) is 6.04 Å². The van der Waals surface area contributed by atoms with Crippen LogP contribution in [0.1, 0.15) is 0 Å². The van der Waals surface area contributed by atoms with Crippen LogP contribution < -0.4 is 0 Å². The Kier molecular flexibility index (Phi) is 3.05. The van der Waals surface area contributed by atoms with Gasteiger partial charge in [-0.3, -0.25) is 10.3 Å². The molecule has 0 aliphatic carbocycles. The molecule has 0 spiro atoms. The molecule has 0 aromatic rings. The molecule has 4 nitrogen and oxygen atoms in total. The van der Waals surface area contributed by atoms with E-state index in [0.29, 0.717) is 5.90 Å². The summed E-state index contributed by atoms with van der Waals surface area (Å²) in [5.41, 5.74) is 0. The van der Waals surface area contributed by atoms with Gasteiger partial charge in [0.2, 0.25) is 0 Å². The molecule has 0 saturated carbocycles. The van der Waals surface area contributed by atoms with Crippen molar-refractivity contribution < 1.29 is 4.74 Å². The number of piperazine rings is 1. The van der Waals surface area contributed by atoms with Crippen LogP contribution >= 0.6 is 0 Å². The fraction of sp³-hybridized carbons (Fsp3) is 0.875. The third-order valence-corrected chi connectivity index (χ3v) is 2.37. The predicted octanol–water partition coefficient (Wildman–Crippen LogP) is -0.144. The van der Waals surface area contributed by atoms with Crippen molar-refractivity contribution in [3.8, 4) is 0 Å². The van der Waals surface area contributed by atoms with Crippen LogP contribution in [0.5, 0.6) is 0 Å². The third-order valence-electron chi connectivity index (χ3n) is 2.37. The van der Waals surface area contributed by atoms with Gasteiger partial charge < -0.3 is 9.64 Å². The maximum absolute atomic E-state index is 7.56. The summed E-state index contributed by atoms with van der Waals surface area (Å²) in [7, 11) is 5.67. The maximum atomic E-state index is 7.56. The van der Waals surface area contributed by atoms with Crippen LogP contribution in [0.25, 0.3) is 0 Å². The van der Waals surface area contributed by atoms with Gasteiger partial charge in [-0.1, -0.05) is 0 Å². The van der Waals surface area contributed by atoms with Crippen molar-refractivity contribution in [1.29, 1.82) is 5.41 Å². The largest absolute Gasteiger partial charge is 0.483 e.